The van der Waals surface area contributed by atoms with E-state index in [9.17, 15) is 14.4 Å². The van der Waals surface area contributed by atoms with Crippen molar-refractivity contribution in [2.75, 3.05) is 14.1 Å². The summed E-state index contributed by atoms with van der Waals surface area (Å²) >= 11 is 5.80. The third kappa shape index (κ3) is 5.43. The Hall–Kier alpha value is -2.66. The maximum Gasteiger partial charge on any atom is 0.251 e. The van der Waals surface area contributed by atoms with Crippen molar-refractivity contribution in [3.8, 4) is 0 Å². The Morgan fingerprint density at radius 2 is 1.50 bits per heavy atom. The van der Waals surface area contributed by atoms with E-state index in [0.29, 0.717) is 22.7 Å². The van der Waals surface area contributed by atoms with Crippen molar-refractivity contribution in [1.82, 2.24) is 10.2 Å². The summed E-state index contributed by atoms with van der Waals surface area (Å²) in [5.41, 5.74) is 2.03. The van der Waals surface area contributed by atoms with Crippen LogP contribution in [0.3, 0.4) is 0 Å². The van der Waals surface area contributed by atoms with Crippen LogP contribution in [-0.4, -0.2) is 36.6 Å². The SMILES string of the molecule is CNC(=O)c1ccc(CN(C)C(=O)CCC(=O)c2ccc(Cl)cc2)cc1. The van der Waals surface area contributed by atoms with E-state index < -0.39 is 0 Å². The molecule has 0 unspecified atom stereocenters. The van der Waals surface area contributed by atoms with E-state index >= 15 is 0 Å². The maximum atomic E-state index is 12.2. The van der Waals surface area contributed by atoms with Gasteiger partial charge in [0, 0.05) is 49.6 Å². The van der Waals surface area contributed by atoms with Gasteiger partial charge in [-0.3, -0.25) is 14.4 Å². The van der Waals surface area contributed by atoms with E-state index in [-0.39, 0.29) is 30.4 Å². The molecule has 2 rings (SSSR count). The fourth-order valence-electron chi connectivity index (χ4n) is 2.46. The van der Waals surface area contributed by atoms with Gasteiger partial charge in [-0.05, 0) is 42.0 Å². The number of carbonyl (C=O) groups is 3. The van der Waals surface area contributed by atoms with Crippen LogP contribution < -0.4 is 5.32 Å². The number of nitrogens with zero attached hydrogens (tertiary/aromatic N) is 1. The average molecular weight is 373 g/mol. The Balaban J connectivity index is 1.86. The summed E-state index contributed by atoms with van der Waals surface area (Å²) in [6.07, 6.45) is 0.300. The molecule has 0 fully saturated rings. The molecule has 2 amide bonds. The molecule has 0 aromatic heterocycles. The fourth-order valence-corrected chi connectivity index (χ4v) is 2.59. The zero-order chi connectivity index (χ0) is 19.1. The van der Waals surface area contributed by atoms with E-state index in [1.165, 1.54) is 0 Å². The fraction of sp³-hybridized carbons (Fsp3) is 0.250. The molecule has 0 bridgehead atoms. The molecule has 5 nitrogen and oxygen atoms in total. The lowest BCUT2D eigenvalue weighted by Gasteiger charge is -2.17. The lowest BCUT2D eigenvalue weighted by Crippen LogP contribution is -2.26. The van der Waals surface area contributed by atoms with Gasteiger partial charge in [0.2, 0.25) is 5.91 Å². The van der Waals surface area contributed by atoms with Gasteiger partial charge in [-0.15, -0.1) is 0 Å². The highest BCUT2D eigenvalue weighted by Crippen LogP contribution is 2.13. The molecule has 0 aliphatic rings. The highest BCUT2D eigenvalue weighted by Gasteiger charge is 2.13. The van der Waals surface area contributed by atoms with Crippen molar-refractivity contribution in [1.29, 1.82) is 0 Å². The third-order valence-electron chi connectivity index (χ3n) is 4.02. The summed E-state index contributed by atoms with van der Waals surface area (Å²) in [7, 11) is 3.27. The Morgan fingerprint density at radius 1 is 0.923 bits per heavy atom. The highest BCUT2D eigenvalue weighted by molar-refractivity contribution is 6.30. The number of hydrogen-bond acceptors (Lipinski definition) is 3. The number of nitrogens with one attached hydrogen (secondary N) is 1. The van der Waals surface area contributed by atoms with Crippen LogP contribution in [0.4, 0.5) is 0 Å². The smallest absolute Gasteiger partial charge is 0.251 e. The first-order valence-electron chi connectivity index (χ1n) is 8.24. The number of amides is 2. The number of ketones is 1. The Labute approximate surface area is 158 Å². The van der Waals surface area contributed by atoms with Gasteiger partial charge in [0.25, 0.3) is 5.91 Å². The molecule has 0 saturated carbocycles. The minimum Gasteiger partial charge on any atom is -0.355 e. The molecule has 0 saturated heterocycles. The summed E-state index contributed by atoms with van der Waals surface area (Å²) in [5, 5.41) is 3.13. The van der Waals surface area contributed by atoms with Crippen molar-refractivity contribution < 1.29 is 14.4 Å². The number of benzene rings is 2. The van der Waals surface area contributed by atoms with Crippen LogP contribution in [0, 0.1) is 0 Å². The van der Waals surface area contributed by atoms with Crippen molar-refractivity contribution in [2.24, 2.45) is 0 Å². The molecule has 2 aromatic carbocycles. The van der Waals surface area contributed by atoms with Crippen LogP contribution in [0.2, 0.25) is 5.02 Å². The lowest BCUT2D eigenvalue weighted by atomic mass is 10.1. The predicted molar refractivity (Wildman–Crippen MR) is 101 cm³/mol. The molecule has 26 heavy (non-hydrogen) atoms. The largest absolute Gasteiger partial charge is 0.355 e. The number of hydrogen-bond donors (Lipinski definition) is 1. The van der Waals surface area contributed by atoms with Crippen LogP contribution in [0.15, 0.2) is 48.5 Å². The van der Waals surface area contributed by atoms with Crippen molar-refractivity contribution in [2.45, 2.75) is 19.4 Å². The van der Waals surface area contributed by atoms with Gasteiger partial charge in [-0.25, -0.2) is 0 Å². The summed E-state index contributed by atoms with van der Waals surface area (Å²) in [6, 6.07) is 13.7. The molecular weight excluding hydrogens is 352 g/mol. The molecule has 0 spiro atoms. The molecule has 2 aromatic rings. The molecule has 0 aliphatic heterocycles. The molecule has 136 valence electrons. The first kappa shape index (κ1) is 19.7. The summed E-state index contributed by atoms with van der Waals surface area (Å²) in [6.45, 7) is 0.419. The van der Waals surface area contributed by atoms with Crippen molar-refractivity contribution >= 4 is 29.2 Å². The third-order valence-corrected chi connectivity index (χ3v) is 4.27. The van der Waals surface area contributed by atoms with Crippen LogP contribution in [0.25, 0.3) is 0 Å². The van der Waals surface area contributed by atoms with E-state index in [2.05, 4.69) is 5.32 Å². The van der Waals surface area contributed by atoms with Crippen LogP contribution in [0.1, 0.15) is 39.1 Å². The van der Waals surface area contributed by atoms with Gasteiger partial charge in [-0.1, -0.05) is 23.7 Å². The Kier molecular flexibility index (Phi) is 6.92. The highest BCUT2D eigenvalue weighted by atomic mass is 35.5. The van der Waals surface area contributed by atoms with Crippen LogP contribution >= 0.6 is 11.6 Å². The second kappa shape index (κ2) is 9.15. The standard InChI is InChI=1S/C20H21ClN2O3/c1-22-20(26)16-5-3-14(4-6-16)13-23(2)19(25)12-11-18(24)15-7-9-17(21)10-8-15/h3-10H,11-13H2,1-2H3,(H,22,26). The Bertz CT molecular complexity index is 786. The topological polar surface area (TPSA) is 66.5 Å². The van der Waals surface area contributed by atoms with Crippen LogP contribution in [-0.2, 0) is 11.3 Å². The molecule has 0 heterocycles. The van der Waals surface area contributed by atoms with E-state index in [1.807, 2.05) is 12.1 Å². The van der Waals surface area contributed by atoms with Crippen molar-refractivity contribution in [3.05, 3.63) is 70.2 Å². The lowest BCUT2D eigenvalue weighted by molar-refractivity contribution is -0.130. The molecule has 0 atom stereocenters. The van der Waals surface area contributed by atoms with Gasteiger partial charge in [0.05, 0.1) is 0 Å². The predicted octanol–water partition coefficient (Wildman–Crippen LogP) is 3.32. The van der Waals surface area contributed by atoms with Gasteiger partial charge >= 0.3 is 0 Å². The number of halogens is 1. The summed E-state index contributed by atoms with van der Waals surface area (Å²) in [5.74, 6) is -0.345. The number of rotatable bonds is 7. The quantitative estimate of drug-likeness (QED) is 0.758. The molecule has 0 radical (unpaired) electrons. The zero-order valence-corrected chi connectivity index (χ0v) is 15.5. The number of carbonyl (C=O) groups excluding carboxylic acids is 3. The van der Waals surface area contributed by atoms with Gasteiger partial charge < -0.3 is 10.2 Å². The van der Waals surface area contributed by atoms with E-state index in [4.69, 9.17) is 11.6 Å². The monoisotopic (exact) mass is 372 g/mol. The normalized spacial score (nSPS) is 10.3. The van der Waals surface area contributed by atoms with Crippen molar-refractivity contribution in [3.63, 3.8) is 0 Å². The Morgan fingerprint density at radius 3 is 2.08 bits per heavy atom. The summed E-state index contributed by atoms with van der Waals surface area (Å²) < 4.78 is 0. The molecular formula is C20H21ClN2O3. The molecule has 6 heteroatoms. The van der Waals surface area contributed by atoms with Crippen LogP contribution in [0.5, 0.6) is 0 Å². The van der Waals surface area contributed by atoms with E-state index in [1.54, 1.807) is 55.4 Å². The van der Waals surface area contributed by atoms with Gasteiger partial charge in [-0.2, -0.15) is 0 Å². The average Bonchev–Trinajstić information content (AvgIpc) is 2.66. The minimum atomic E-state index is -0.151. The number of Topliss-reactive ketones (excluding diaryl/α,β-unsaturated/α-hetero) is 1. The first-order chi connectivity index (χ1) is 12.4. The minimum absolute atomic E-state index is 0.0849. The van der Waals surface area contributed by atoms with E-state index in [0.717, 1.165) is 5.56 Å². The first-order valence-corrected chi connectivity index (χ1v) is 8.62. The molecule has 1 N–H and O–H groups in total. The summed E-state index contributed by atoms with van der Waals surface area (Å²) in [4.78, 5) is 37.5. The van der Waals surface area contributed by atoms with Gasteiger partial charge in [0.15, 0.2) is 5.78 Å². The molecule has 0 aliphatic carbocycles. The second-order valence-corrected chi connectivity index (χ2v) is 6.39. The second-order valence-electron chi connectivity index (χ2n) is 5.96. The zero-order valence-electron chi connectivity index (χ0n) is 14.8. The van der Waals surface area contributed by atoms with Gasteiger partial charge in [0.1, 0.15) is 0 Å². The maximum absolute atomic E-state index is 12.2.